The van der Waals surface area contributed by atoms with Crippen LogP contribution < -0.4 is 16.0 Å². The van der Waals surface area contributed by atoms with Gasteiger partial charge in [0.15, 0.2) is 0 Å². The summed E-state index contributed by atoms with van der Waals surface area (Å²) in [5, 5.41) is 8.52. The molecular weight excluding hydrogens is 282 g/mol. The summed E-state index contributed by atoms with van der Waals surface area (Å²) >= 11 is 0. The molecule has 0 bridgehead atoms. The number of hydrogen-bond donors (Lipinski definition) is 3. The van der Waals surface area contributed by atoms with Crippen LogP contribution in [0.25, 0.3) is 0 Å². The molecule has 6 nitrogen and oxygen atoms in total. The van der Waals surface area contributed by atoms with Gasteiger partial charge >= 0.3 is 0 Å². The molecule has 0 atom stereocenters. The van der Waals surface area contributed by atoms with Gasteiger partial charge in [-0.05, 0) is 25.7 Å². The first-order valence-electron chi connectivity index (χ1n) is 8.13. The highest BCUT2D eigenvalue weighted by atomic mass is 16.2. The SMILES string of the molecule is CC(C)(C)C(=O)NCCCC(=O)NCCCC(=O)NC1CC1. The Kier molecular flexibility index (Phi) is 7.35. The van der Waals surface area contributed by atoms with Gasteiger partial charge < -0.3 is 16.0 Å². The Morgan fingerprint density at radius 2 is 1.45 bits per heavy atom. The van der Waals surface area contributed by atoms with Crippen molar-refractivity contribution in [3.05, 3.63) is 0 Å². The van der Waals surface area contributed by atoms with Crippen molar-refractivity contribution < 1.29 is 14.4 Å². The van der Waals surface area contributed by atoms with Crippen LogP contribution in [0.4, 0.5) is 0 Å². The summed E-state index contributed by atoms with van der Waals surface area (Å²) in [4.78, 5) is 34.6. The number of hydrogen-bond acceptors (Lipinski definition) is 3. The van der Waals surface area contributed by atoms with Crippen LogP contribution in [-0.2, 0) is 14.4 Å². The highest BCUT2D eigenvalue weighted by Crippen LogP contribution is 2.18. The van der Waals surface area contributed by atoms with Crippen LogP contribution in [0.1, 0.15) is 59.3 Å². The molecule has 1 aliphatic carbocycles. The van der Waals surface area contributed by atoms with E-state index in [0.29, 0.717) is 44.8 Å². The molecule has 3 amide bonds. The van der Waals surface area contributed by atoms with Crippen LogP contribution >= 0.6 is 0 Å². The lowest BCUT2D eigenvalue weighted by atomic mass is 9.96. The minimum Gasteiger partial charge on any atom is -0.356 e. The van der Waals surface area contributed by atoms with Crippen molar-refractivity contribution in [2.45, 2.75) is 65.3 Å². The second-order valence-electron chi connectivity index (χ2n) is 6.90. The van der Waals surface area contributed by atoms with Crippen LogP contribution in [-0.4, -0.2) is 36.9 Å². The minimum absolute atomic E-state index is 0.00502. The third kappa shape index (κ3) is 8.64. The molecule has 1 fully saturated rings. The first-order chi connectivity index (χ1) is 10.3. The predicted molar refractivity (Wildman–Crippen MR) is 85.1 cm³/mol. The zero-order valence-corrected chi connectivity index (χ0v) is 14.0. The molecule has 0 aliphatic heterocycles. The molecule has 0 aromatic carbocycles. The number of carbonyl (C=O) groups is 3. The largest absolute Gasteiger partial charge is 0.356 e. The molecule has 126 valence electrons. The lowest BCUT2D eigenvalue weighted by Gasteiger charge is -2.17. The molecule has 0 aromatic rings. The minimum atomic E-state index is -0.400. The van der Waals surface area contributed by atoms with Crippen LogP contribution in [0.5, 0.6) is 0 Å². The number of carbonyl (C=O) groups excluding carboxylic acids is 3. The van der Waals surface area contributed by atoms with Crippen LogP contribution in [0.2, 0.25) is 0 Å². The molecule has 22 heavy (non-hydrogen) atoms. The fraction of sp³-hybridized carbons (Fsp3) is 0.812. The predicted octanol–water partition coefficient (Wildman–Crippen LogP) is 1.10. The molecular formula is C16H29N3O3. The summed E-state index contributed by atoms with van der Waals surface area (Å²) in [7, 11) is 0. The van der Waals surface area contributed by atoms with Crippen molar-refractivity contribution in [2.24, 2.45) is 5.41 Å². The average molecular weight is 311 g/mol. The zero-order chi connectivity index (χ0) is 16.6. The zero-order valence-electron chi connectivity index (χ0n) is 14.0. The Balaban J connectivity index is 1.94. The van der Waals surface area contributed by atoms with Gasteiger partial charge in [0, 0.05) is 37.4 Å². The second kappa shape index (κ2) is 8.76. The van der Waals surface area contributed by atoms with Crippen molar-refractivity contribution in [2.75, 3.05) is 13.1 Å². The third-order valence-electron chi connectivity index (χ3n) is 3.39. The van der Waals surface area contributed by atoms with Gasteiger partial charge in [0.2, 0.25) is 17.7 Å². The summed E-state index contributed by atoms with van der Waals surface area (Å²) in [5.74, 6) is 0.0313. The topological polar surface area (TPSA) is 87.3 Å². The third-order valence-corrected chi connectivity index (χ3v) is 3.39. The second-order valence-corrected chi connectivity index (χ2v) is 6.90. The normalized spacial score (nSPS) is 14.3. The Labute approximate surface area is 132 Å². The van der Waals surface area contributed by atoms with Gasteiger partial charge in [-0.15, -0.1) is 0 Å². The summed E-state index contributed by atoms with van der Waals surface area (Å²) in [5.41, 5.74) is -0.400. The summed E-state index contributed by atoms with van der Waals surface area (Å²) in [6, 6.07) is 0.394. The lowest BCUT2D eigenvalue weighted by Crippen LogP contribution is -2.35. The first-order valence-corrected chi connectivity index (χ1v) is 8.13. The number of nitrogens with one attached hydrogen (secondary N) is 3. The average Bonchev–Trinajstić information content (AvgIpc) is 3.22. The molecule has 0 spiro atoms. The van der Waals surface area contributed by atoms with Gasteiger partial charge in [-0.2, -0.15) is 0 Å². The maximum atomic E-state index is 11.6. The van der Waals surface area contributed by atoms with E-state index < -0.39 is 5.41 Å². The summed E-state index contributed by atoms with van der Waals surface area (Å²) in [6.07, 6.45) is 4.31. The van der Waals surface area contributed by atoms with E-state index in [4.69, 9.17) is 0 Å². The highest BCUT2D eigenvalue weighted by Gasteiger charge is 2.22. The smallest absolute Gasteiger partial charge is 0.225 e. The number of rotatable bonds is 9. The monoisotopic (exact) mass is 311 g/mol. The highest BCUT2D eigenvalue weighted by molar-refractivity contribution is 5.81. The van der Waals surface area contributed by atoms with Crippen molar-refractivity contribution in [1.29, 1.82) is 0 Å². The van der Waals surface area contributed by atoms with E-state index in [1.54, 1.807) is 0 Å². The van der Waals surface area contributed by atoms with Crippen molar-refractivity contribution in [3.63, 3.8) is 0 Å². The molecule has 0 unspecified atom stereocenters. The Hall–Kier alpha value is -1.59. The van der Waals surface area contributed by atoms with Crippen LogP contribution in [0.15, 0.2) is 0 Å². The van der Waals surface area contributed by atoms with Gasteiger partial charge in [-0.3, -0.25) is 14.4 Å². The van der Waals surface area contributed by atoms with E-state index in [0.717, 1.165) is 12.8 Å². The van der Waals surface area contributed by atoms with Gasteiger partial charge in [0.05, 0.1) is 0 Å². The van der Waals surface area contributed by atoms with E-state index in [2.05, 4.69) is 16.0 Å². The molecule has 0 saturated heterocycles. The maximum Gasteiger partial charge on any atom is 0.225 e. The lowest BCUT2D eigenvalue weighted by molar-refractivity contribution is -0.128. The standard InChI is InChI=1S/C16H29N3O3/c1-16(2,3)15(22)18-11-4-6-13(20)17-10-5-7-14(21)19-12-8-9-12/h12H,4-11H2,1-3H3,(H,17,20)(H,18,22)(H,19,21). The molecule has 0 heterocycles. The van der Waals surface area contributed by atoms with E-state index >= 15 is 0 Å². The van der Waals surface area contributed by atoms with Crippen LogP contribution in [0, 0.1) is 5.41 Å². The summed E-state index contributed by atoms with van der Waals surface area (Å²) < 4.78 is 0. The van der Waals surface area contributed by atoms with E-state index in [1.165, 1.54) is 0 Å². The Morgan fingerprint density at radius 3 is 2.00 bits per heavy atom. The van der Waals surface area contributed by atoms with Gasteiger partial charge in [-0.1, -0.05) is 20.8 Å². The van der Waals surface area contributed by atoms with E-state index in [1.807, 2.05) is 20.8 Å². The molecule has 6 heteroatoms. The molecule has 0 radical (unpaired) electrons. The number of amides is 3. The maximum absolute atomic E-state index is 11.6. The Bertz CT molecular complexity index is 398. The fourth-order valence-corrected chi connectivity index (χ4v) is 1.81. The van der Waals surface area contributed by atoms with Crippen LogP contribution in [0.3, 0.4) is 0 Å². The molecule has 1 saturated carbocycles. The van der Waals surface area contributed by atoms with E-state index in [-0.39, 0.29) is 17.7 Å². The summed E-state index contributed by atoms with van der Waals surface area (Å²) in [6.45, 7) is 6.59. The Morgan fingerprint density at radius 1 is 0.909 bits per heavy atom. The molecule has 0 aromatic heterocycles. The van der Waals surface area contributed by atoms with Crippen molar-refractivity contribution in [1.82, 2.24) is 16.0 Å². The fourth-order valence-electron chi connectivity index (χ4n) is 1.81. The van der Waals surface area contributed by atoms with Crippen molar-refractivity contribution in [3.8, 4) is 0 Å². The van der Waals surface area contributed by atoms with Crippen molar-refractivity contribution >= 4 is 17.7 Å². The van der Waals surface area contributed by atoms with Gasteiger partial charge in [0.25, 0.3) is 0 Å². The molecule has 1 rings (SSSR count). The van der Waals surface area contributed by atoms with Gasteiger partial charge in [-0.25, -0.2) is 0 Å². The molecule has 3 N–H and O–H groups in total. The van der Waals surface area contributed by atoms with E-state index in [9.17, 15) is 14.4 Å². The quantitative estimate of drug-likeness (QED) is 0.557. The first kappa shape index (κ1) is 18.5. The van der Waals surface area contributed by atoms with Gasteiger partial charge in [0.1, 0.15) is 0 Å². The molecule has 1 aliphatic rings.